The summed E-state index contributed by atoms with van der Waals surface area (Å²) >= 11 is 0. The minimum absolute atomic E-state index is 0.178. The van der Waals surface area contributed by atoms with Gasteiger partial charge in [-0.15, -0.1) is 0 Å². The van der Waals surface area contributed by atoms with Crippen LogP contribution in [-0.4, -0.2) is 53.2 Å². The molecule has 1 aliphatic heterocycles. The number of aryl methyl sites for hydroxylation is 1. The Kier molecular flexibility index (Phi) is 7.02. The maximum Gasteiger partial charge on any atom is 0.240 e. The molecule has 1 aromatic heterocycles. The van der Waals surface area contributed by atoms with Crippen molar-refractivity contribution in [2.45, 2.75) is 17.9 Å². The minimum atomic E-state index is -3.71. The average molecular weight is 474 g/mol. The standard InChI is InChI=1S/C24H28FN3O4S/c1-18-16-21(9-10-23(18)31-2)33(29,30)26-17-22(24-4-3-15-32-24)28-13-11-27(12-14-28)20-7-5-19(25)6-8-20/h3-10,15-16,22,26H,11-14,17H2,1-2H3/t22-/m0/s1. The van der Waals surface area contributed by atoms with E-state index in [0.717, 1.165) is 24.3 Å². The first-order valence-electron chi connectivity index (χ1n) is 10.8. The third-order valence-electron chi connectivity index (χ3n) is 5.96. The van der Waals surface area contributed by atoms with Crippen molar-refractivity contribution in [3.05, 3.63) is 78.0 Å². The van der Waals surface area contributed by atoms with Gasteiger partial charge in [0, 0.05) is 38.4 Å². The average Bonchev–Trinajstić information content (AvgIpc) is 3.35. The van der Waals surface area contributed by atoms with Crippen molar-refractivity contribution in [1.82, 2.24) is 9.62 Å². The van der Waals surface area contributed by atoms with Gasteiger partial charge in [0.05, 0.1) is 24.3 Å². The molecule has 0 unspecified atom stereocenters. The molecule has 1 fully saturated rings. The van der Waals surface area contributed by atoms with Crippen molar-refractivity contribution in [2.24, 2.45) is 0 Å². The van der Waals surface area contributed by atoms with Crippen LogP contribution in [0.2, 0.25) is 0 Å². The van der Waals surface area contributed by atoms with Gasteiger partial charge in [0.1, 0.15) is 17.3 Å². The number of furan rings is 1. The first-order valence-corrected chi connectivity index (χ1v) is 12.3. The number of nitrogens with zero attached hydrogens (tertiary/aromatic N) is 2. The van der Waals surface area contributed by atoms with Crippen LogP contribution in [0.1, 0.15) is 17.4 Å². The SMILES string of the molecule is COc1ccc(S(=O)(=O)NC[C@@H](c2ccco2)N2CCN(c3ccc(F)cc3)CC2)cc1C. The van der Waals surface area contributed by atoms with Crippen molar-refractivity contribution in [1.29, 1.82) is 0 Å². The molecule has 0 bridgehead atoms. The molecule has 1 N–H and O–H groups in total. The smallest absolute Gasteiger partial charge is 0.240 e. The van der Waals surface area contributed by atoms with E-state index in [-0.39, 0.29) is 23.3 Å². The predicted octanol–water partition coefficient (Wildman–Crippen LogP) is 3.58. The maximum absolute atomic E-state index is 13.2. The number of benzene rings is 2. The van der Waals surface area contributed by atoms with E-state index in [9.17, 15) is 12.8 Å². The highest BCUT2D eigenvalue weighted by Crippen LogP contribution is 2.26. The zero-order valence-corrected chi connectivity index (χ0v) is 19.5. The second-order valence-electron chi connectivity index (χ2n) is 8.01. The fourth-order valence-electron chi connectivity index (χ4n) is 4.12. The molecule has 0 aliphatic carbocycles. The van der Waals surface area contributed by atoms with E-state index >= 15 is 0 Å². The predicted molar refractivity (Wildman–Crippen MR) is 125 cm³/mol. The number of hydrogen-bond acceptors (Lipinski definition) is 6. The molecular weight excluding hydrogens is 445 g/mol. The topological polar surface area (TPSA) is 75.0 Å². The lowest BCUT2D eigenvalue weighted by Gasteiger charge is -2.39. The molecule has 0 spiro atoms. The molecular formula is C24H28FN3O4S. The van der Waals surface area contributed by atoms with Crippen LogP contribution < -0.4 is 14.4 Å². The van der Waals surface area contributed by atoms with E-state index < -0.39 is 10.0 Å². The van der Waals surface area contributed by atoms with Crippen LogP contribution in [0, 0.1) is 12.7 Å². The largest absolute Gasteiger partial charge is 0.496 e. The highest BCUT2D eigenvalue weighted by atomic mass is 32.2. The van der Waals surface area contributed by atoms with Crippen LogP contribution in [-0.2, 0) is 10.0 Å². The molecule has 33 heavy (non-hydrogen) atoms. The molecule has 9 heteroatoms. The number of nitrogens with one attached hydrogen (secondary N) is 1. The van der Waals surface area contributed by atoms with Crippen LogP contribution in [0.5, 0.6) is 5.75 Å². The molecule has 1 atom stereocenters. The van der Waals surface area contributed by atoms with E-state index in [1.165, 1.54) is 18.2 Å². The lowest BCUT2D eigenvalue weighted by molar-refractivity contribution is 0.166. The number of halogens is 1. The van der Waals surface area contributed by atoms with Gasteiger partial charge in [-0.3, -0.25) is 4.90 Å². The summed E-state index contributed by atoms with van der Waals surface area (Å²) in [7, 11) is -2.16. The Morgan fingerprint density at radius 2 is 1.82 bits per heavy atom. The van der Waals surface area contributed by atoms with E-state index in [4.69, 9.17) is 9.15 Å². The number of rotatable bonds is 8. The van der Waals surface area contributed by atoms with Crippen LogP contribution in [0.4, 0.5) is 10.1 Å². The highest BCUT2D eigenvalue weighted by Gasteiger charge is 2.29. The fraction of sp³-hybridized carbons (Fsp3) is 0.333. The Labute approximate surface area is 193 Å². The number of piperazine rings is 1. The normalized spacial score (nSPS) is 16.0. The molecule has 176 valence electrons. The number of ether oxygens (including phenoxy) is 1. The van der Waals surface area contributed by atoms with Gasteiger partial charge in [-0.1, -0.05) is 0 Å². The molecule has 3 aromatic rings. The summed E-state index contributed by atoms with van der Waals surface area (Å²) in [5, 5.41) is 0. The number of anilines is 1. The maximum atomic E-state index is 13.2. The second kappa shape index (κ2) is 9.94. The zero-order valence-electron chi connectivity index (χ0n) is 18.7. The quantitative estimate of drug-likeness (QED) is 0.539. The van der Waals surface area contributed by atoms with Gasteiger partial charge in [0.25, 0.3) is 0 Å². The summed E-state index contributed by atoms with van der Waals surface area (Å²) in [4.78, 5) is 4.60. The Morgan fingerprint density at radius 1 is 1.09 bits per heavy atom. The van der Waals surface area contributed by atoms with Gasteiger partial charge in [-0.2, -0.15) is 0 Å². The van der Waals surface area contributed by atoms with Gasteiger partial charge in [-0.25, -0.2) is 17.5 Å². The van der Waals surface area contributed by atoms with Crippen LogP contribution >= 0.6 is 0 Å². The number of hydrogen-bond donors (Lipinski definition) is 1. The Balaban J connectivity index is 1.45. The van der Waals surface area contributed by atoms with E-state index in [1.54, 1.807) is 43.7 Å². The molecule has 2 aromatic carbocycles. The number of methoxy groups -OCH3 is 1. The van der Waals surface area contributed by atoms with Crippen LogP contribution in [0.15, 0.2) is 70.2 Å². The molecule has 1 aliphatic rings. The summed E-state index contributed by atoms with van der Waals surface area (Å²) in [5.74, 6) is 1.09. The summed E-state index contributed by atoms with van der Waals surface area (Å²) < 4.78 is 52.8. The van der Waals surface area contributed by atoms with E-state index in [1.807, 2.05) is 13.0 Å². The molecule has 0 amide bonds. The van der Waals surface area contributed by atoms with Gasteiger partial charge in [0.15, 0.2) is 0 Å². The van der Waals surface area contributed by atoms with Crippen molar-refractivity contribution < 1.29 is 22.0 Å². The molecule has 2 heterocycles. The molecule has 0 radical (unpaired) electrons. The van der Waals surface area contributed by atoms with Gasteiger partial charge < -0.3 is 14.1 Å². The van der Waals surface area contributed by atoms with Crippen molar-refractivity contribution in [3.8, 4) is 5.75 Å². The molecule has 1 saturated heterocycles. The van der Waals surface area contributed by atoms with E-state index in [0.29, 0.717) is 24.6 Å². The summed E-state index contributed by atoms with van der Waals surface area (Å²) in [5.41, 5.74) is 1.72. The Bertz CT molecular complexity index is 1160. The summed E-state index contributed by atoms with van der Waals surface area (Å²) in [6.07, 6.45) is 1.60. The zero-order chi connectivity index (χ0) is 23.4. The van der Waals surface area contributed by atoms with Crippen molar-refractivity contribution in [2.75, 3.05) is 44.7 Å². The first kappa shape index (κ1) is 23.3. The lowest BCUT2D eigenvalue weighted by Crippen LogP contribution is -2.49. The van der Waals surface area contributed by atoms with Crippen LogP contribution in [0.3, 0.4) is 0 Å². The summed E-state index contributed by atoms with van der Waals surface area (Å²) in [6.45, 7) is 4.90. The third-order valence-corrected chi connectivity index (χ3v) is 7.38. The van der Waals surface area contributed by atoms with Gasteiger partial charge >= 0.3 is 0 Å². The first-order chi connectivity index (χ1) is 15.9. The number of sulfonamides is 1. The Morgan fingerprint density at radius 3 is 2.42 bits per heavy atom. The third kappa shape index (κ3) is 5.38. The van der Waals surface area contributed by atoms with Crippen molar-refractivity contribution in [3.63, 3.8) is 0 Å². The van der Waals surface area contributed by atoms with Gasteiger partial charge in [-0.05, 0) is 67.1 Å². The van der Waals surface area contributed by atoms with Crippen LogP contribution in [0.25, 0.3) is 0 Å². The van der Waals surface area contributed by atoms with E-state index in [2.05, 4.69) is 14.5 Å². The summed E-state index contributed by atoms with van der Waals surface area (Å²) in [6, 6.07) is 14.7. The fourth-order valence-corrected chi connectivity index (χ4v) is 5.25. The second-order valence-corrected chi connectivity index (χ2v) is 9.78. The molecule has 7 nitrogen and oxygen atoms in total. The van der Waals surface area contributed by atoms with Crippen molar-refractivity contribution >= 4 is 15.7 Å². The Hall–Kier alpha value is -2.88. The highest BCUT2D eigenvalue weighted by molar-refractivity contribution is 7.89. The molecule has 4 rings (SSSR count). The molecule has 0 saturated carbocycles. The lowest BCUT2D eigenvalue weighted by atomic mass is 10.1. The minimum Gasteiger partial charge on any atom is -0.496 e. The van der Waals surface area contributed by atoms with Gasteiger partial charge in [0.2, 0.25) is 10.0 Å². The monoisotopic (exact) mass is 473 g/mol.